The molecule has 186 valence electrons. The SMILES string of the molecule is CCOC(=O)C(CC[C@@H](CCl)O[Si](C)(C)C(C)(C)C)(NC(=O)c1ccccc1)C(=O)OCC. The molecule has 0 radical (unpaired) electrons. The number of hydrogen-bond donors (Lipinski definition) is 1. The fourth-order valence-corrected chi connectivity index (χ4v) is 4.67. The van der Waals surface area contributed by atoms with Crippen molar-refractivity contribution in [2.45, 2.75) is 77.2 Å². The van der Waals surface area contributed by atoms with Crippen molar-refractivity contribution in [1.29, 1.82) is 0 Å². The van der Waals surface area contributed by atoms with Crippen LogP contribution in [0.2, 0.25) is 18.1 Å². The molecular weight excluding hydrogens is 462 g/mol. The van der Waals surface area contributed by atoms with Gasteiger partial charge in [0.15, 0.2) is 8.32 Å². The Kier molecular flexibility index (Phi) is 11.1. The third kappa shape index (κ3) is 7.83. The van der Waals surface area contributed by atoms with Crippen LogP contribution in [0.4, 0.5) is 0 Å². The van der Waals surface area contributed by atoms with Crippen LogP contribution in [-0.2, 0) is 23.5 Å². The van der Waals surface area contributed by atoms with Crippen molar-refractivity contribution in [2.24, 2.45) is 0 Å². The number of amides is 1. The second-order valence-electron chi connectivity index (χ2n) is 9.36. The standard InChI is InChI=1S/C24H38ClNO6Si/c1-8-30-21(28)24(22(29)31-9-2,26-20(27)18-13-11-10-12-14-18)16-15-19(17-25)32-33(6,7)23(3,4)5/h10-14,19H,8-9,15-17H2,1-7H3,(H,26,27)/t19-/m0/s1. The smallest absolute Gasteiger partial charge is 0.343 e. The zero-order valence-corrected chi connectivity index (χ0v) is 22.6. The molecule has 1 atom stereocenters. The van der Waals surface area contributed by atoms with Gasteiger partial charge in [-0.1, -0.05) is 39.0 Å². The first kappa shape index (κ1) is 29.1. The van der Waals surface area contributed by atoms with E-state index in [1.54, 1.807) is 44.2 Å². The first-order chi connectivity index (χ1) is 15.3. The van der Waals surface area contributed by atoms with Crippen molar-refractivity contribution in [3.8, 4) is 0 Å². The minimum atomic E-state index is -2.16. The summed E-state index contributed by atoms with van der Waals surface area (Å²) in [4.78, 5) is 39.2. The molecule has 9 heteroatoms. The number of carbonyl (C=O) groups is 3. The molecular formula is C24H38ClNO6Si. The molecule has 33 heavy (non-hydrogen) atoms. The number of nitrogens with one attached hydrogen (secondary N) is 1. The summed E-state index contributed by atoms with van der Waals surface area (Å²) >= 11 is 6.21. The first-order valence-corrected chi connectivity index (χ1v) is 14.7. The highest BCUT2D eigenvalue weighted by molar-refractivity contribution is 6.74. The fraction of sp³-hybridized carbons (Fsp3) is 0.625. The van der Waals surface area contributed by atoms with Gasteiger partial charge in [-0.25, -0.2) is 9.59 Å². The van der Waals surface area contributed by atoms with Gasteiger partial charge in [0.2, 0.25) is 5.54 Å². The number of benzene rings is 1. The Labute approximate surface area is 203 Å². The van der Waals surface area contributed by atoms with Gasteiger partial charge in [-0.2, -0.15) is 0 Å². The highest BCUT2D eigenvalue weighted by atomic mass is 35.5. The molecule has 1 aromatic rings. The van der Waals surface area contributed by atoms with Gasteiger partial charge in [0.05, 0.1) is 19.3 Å². The van der Waals surface area contributed by atoms with E-state index in [9.17, 15) is 14.4 Å². The lowest BCUT2D eigenvalue weighted by Crippen LogP contribution is -2.62. The predicted molar refractivity (Wildman–Crippen MR) is 132 cm³/mol. The minimum absolute atomic E-state index is 0.0423. The van der Waals surface area contributed by atoms with E-state index >= 15 is 0 Å². The molecule has 0 saturated carbocycles. The highest BCUT2D eigenvalue weighted by Crippen LogP contribution is 2.38. The molecule has 1 amide bonds. The zero-order chi connectivity index (χ0) is 25.3. The molecule has 1 rings (SSSR count). The number of halogens is 1. The summed E-state index contributed by atoms with van der Waals surface area (Å²) in [5.41, 5.74) is -1.71. The van der Waals surface area contributed by atoms with Crippen LogP contribution >= 0.6 is 11.6 Å². The molecule has 0 heterocycles. The number of ether oxygens (including phenoxy) is 2. The van der Waals surface area contributed by atoms with E-state index in [-0.39, 0.29) is 37.0 Å². The summed E-state index contributed by atoms with van der Waals surface area (Å²) in [5, 5.41) is 2.57. The van der Waals surface area contributed by atoms with Gasteiger partial charge in [0.25, 0.3) is 5.91 Å². The Morgan fingerprint density at radius 3 is 1.94 bits per heavy atom. The average Bonchev–Trinajstić information content (AvgIpc) is 2.75. The molecule has 0 unspecified atom stereocenters. The lowest BCUT2D eigenvalue weighted by molar-refractivity contribution is -0.166. The summed E-state index contributed by atoms with van der Waals surface area (Å²) in [6.07, 6.45) is -0.234. The van der Waals surface area contributed by atoms with Gasteiger partial charge in [-0.15, -0.1) is 11.6 Å². The molecule has 0 aliphatic heterocycles. The molecule has 1 aromatic carbocycles. The topological polar surface area (TPSA) is 90.9 Å². The first-order valence-electron chi connectivity index (χ1n) is 11.3. The number of esters is 2. The quantitative estimate of drug-likeness (QED) is 0.194. The van der Waals surface area contributed by atoms with Crippen LogP contribution in [-0.4, -0.2) is 56.9 Å². The van der Waals surface area contributed by atoms with Crippen molar-refractivity contribution in [3.05, 3.63) is 35.9 Å². The van der Waals surface area contributed by atoms with E-state index in [1.165, 1.54) is 0 Å². The third-order valence-electron chi connectivity index (χ3n) is 5.89. The normalized spacial score (nSPS) is 13.2. The Morgan fingerprint density at radius 2 is 1.52 bits per heavy atom. The van der Waals surface area contributed by atoms with Crippen molar-refractivity contribution in [2.75, 3.05) is 19.1 Å². The lowest BCUT2D eigenvalue weighted by atomic mass is 9.91. The van der Waals surface area contributed by atoms with Crippen molar-refractivity contribution < 1.29 is 28.3 Å². The molecule has 7 nitrogen and oxygen atoms in total. The van der Waals surface area contributed by atoms with Crippen LogP contribution in [0.25, 0.3) is 0 Å². The highest BCUT2D eigenvalue weighted by Gasteiger charge is 2.51. The fourth-order valence-electron chi connectivity index (χ4n) is 2.95. The van der Waals surface area contributed by atoms with Crippen LogP contribution in [0.3, 0.4) is 0 Å². The summed E-state index contributed by atoms with van der Waals surface area (Å²) in [7, 11) is -2.16. The molecule has 0 fully saturated rings. The lowest BCUT2D eigenvalue weighted by Gasteiger charge is -2.39. The largest absolute Gasteiger partial charge is 0.464 e. The maximum absolute atomic E-state index is 13.1. The summed E-state index contributed by atoms with van der Waals surface area (Å²) in [6.45, 7) is 13.9. The van der Waals surface area contributed by atoms with Crippen LogP contribution < -0.4 is 5.32 Å². The van der Waals surface area contributed by atoms with E-state index in [0.29, 0.717) is 5.56 Å². The predicted octanol–water partition coefficient (Wildman–Crippen LogP) is 4.69. The molecule has 0 spiro atoms. The van der Waals surface area contributed by atoms with E-state index in [1.807, 2.05) is 0 Å². The summed E-state index contributed by atoms with van der Waals surface area (Å²) in [6, 6.07) is 8.35. The Bertz CT molecular complexity index is 776. The van der Waals surface area contributed by atoms with Crippen LogP contribution in [0.15, 0.2) is 30.3 Å². The van der Waals surface area contributed by atoms with Gasteiger partial charge in [0.1, 0.15) is 0 Å². The summed E-state index contributed by atoms with van der Waals surface area (Å²) in [5.74, 6) is -2.13. The Hall–Kier alpha value is -1.90. The van der Waals surface area contributed by atoms with Crippen molar-refractivity contribution in [1.82, 2.24) is 5.32 Å². The van der Waals surface area contributed by atoms with E-state index in [0.717, 1.165) is 0 Å². The number of carbonyl (C=O) groups excluding carboxylic acids is 3. The van der Waals surface area contributed by atoms with Gasteiger partial charge < -0.3 is 19.2 Å². The van der Waals surface area contributed by atoms with Crippen LogP contribution in [0, 0.1) is 0 Å². The van der Waals surface area contributed by atoms with Gasteiger partial charge >= 0.3 is 11.9 Å². The maximum atomic E-state index is 13.1. The third-order valence-corrected chi connectivity index (χ3v) is 10.8. The Balaban J connectivity index is 3.29. The Morgan fingerprint density at radius 1 is 1.00 bits per heavy atom. The molecule has 0 bridgehead atoms. The van der Waals surface area contributed by atoms with Crippen LogP contribution in [0.1, 0.15) is 57.8 Å². The number of alkyl halides is 1. The second-order valence-corrected chi connectivity index (χ2v) is 14.4. The van der Waals surface area contributed by atoms with Gasteiger partial charge in [0, 0.05) is 11.4 Å². The molecule has 0 aromatic heterocycles. The maximum Gasteiger partial charge on any atom is 0.343 e. The molecule has 0 aliphatic rings. The second kappa shape index (κ2) is 12.5. The van der Waals surface area contributed by atoms with Gasteiger partial charge in [-0.05, 0) is 57.0 Å². The number of rotatable bonds is 12. The molecule has 0 aliphatic carbocycles. The van der Waals surface area contributed by atoms with E-state index in [4.69, 9.17) is 25.5 Å². The minimum Gasteiger partial charge on any atom is -0.464 e. The monoisotopic (exact) mass is 499 g/mol. The van der Waals surface area contributed by atoms with Crippen LogP contribution in [0.5, 0.6) is 0 Å². The van der Waals surface area contributed by atoms with Crippen molar-refractivity contribution >= 4 is 37.8 Å². The molecule has 1 N–H and O–H groups in total. The summed E-state index contributed by atoms with van der Waals surface area (Å²) < 4.78 is 16.8. The van der Waals surface area contributed by atoms with Gasteiger partial charge in [-0.3, -0.25) is 4.79 Å². The number of hydrogen-bond acceptors (Lipinski definition) is 6. The van der Waals surface area contributed by atoms with E-state index in [2.05, 4.69) is 39.2 Å². The van der Waals surface area contributed by atoms with Crippen molar-refractivity contribution in [3.63, 3.8) is 0 Å². The van der Waals surface area contributed by atoms with E-state index < -0.39 is 37.8 Å². The average molecular weight is 500 g/mol. The molecule has 0 saturated heterocycles. The zero-order valence-electron chi connectivity index (χ0n) is 20.8.